The van der Waals surface area contributed by atoms with Crippen molar-refractivity contribution >= 4 is 0 Å². The van der Waals surface area contributed by atoms with Gasteiger partial charge in [-0.3, -0.25) is 0 Å². The summed E-state index contributed by atoms with van der Waals surface area (Å²) in [6.45, 7) is 1.62. The summed E-state index contributed by atoms with van der Waals surface area (Å²) < 4.78 is 25.1. The Hall–Kier alpha value is -1.54. The monoisotopic (exact) mass is 197 g/mol. The van der Waals surface area contributed by atoms with Gasteiger partial charge in [0.2, 0.25) is 0 Å². The first kappa shape index (κ1) is 10.5. The number of pyridine rings is 1. The van der Waals surface area contributed by atoms with Gasteiger partial charge in [-0.2, -0.15) is 5.26 Å². The lowest BCUT2D eigenvalue weighted by atomic mass is 10.1. The normalized spacial score (nSPS) is 10.3. The molecule has 0 aliphatic heterocycles. The Morgan fingerprint density at radius 3 is 2.71 bits per heavy atom. The molecule has 0 aliphatic carbocycles. The second-order valence-corrected chi connectivity index (χ2v) is 2.80. The predicted molar refractivity (Wildman–Crippen MR) is 46.5 cm³/mol. The molecule has 0 fully saturated rings. The molecule has 0 amide bonds. The second kappa shape index (κ2) is 4.11. The highest BCUT2D eigenvalue weighted by Crippen LogP contribution is 2.25. The van der Waals surface area contributed by atoms with Crippen LogP contribution in [0.15, 0.2) is 6.07 Å². The molecule has 1 aromatic rings. The molecule has 0 aromatic carbocycles. The molecule has 0 aliphatic rings. The van der Waals surface area contributed by atoms with Gasteiger partial charge in [-0.25, -0.2) is 13.8 Å². The van der Waals surface area contributed by atoms with E-state index in [1.54, 1.807) is 13.0 Å². The first-order valence-electron chi connectivity index (χ1n) is 3.99. The minimum atomic E-state index is -2.71. The minimum Gasteiger partial charge on any atom is -0.326 e. The zero-order valence-electron chi connectivity index (χ0n) is 7.59. The summed E-state index contributed by atoms with van der Waals surface area (Å²) >= 11 is 0. The summed E-state index contributed by atoms with van der Waals surface area (Å²) in [4.78, 5) is 3.72. The van der Waals surface area contributed by atoms with Crippen LogP contribution < -0.4 is 5.73 Å². The number of rotatable bonds is 2. The van der Waals surface area contributed by atoms with Gasteiger partial charge in [0.1, 0.15) is 11.8 Å². The minimum absolute atomic E-state index is 0.0162. The summed E-state index contributed by atoms with van der Waals surface area (Å²) in [6, 6.07) is 3.12. The van der Waals surface area contributed by atoms with Crippen molar-refractivity contribution in [2.75, 3.05) is 0 Å². The molecule has 2 N–H and O–H groups in total. The summed E-state index contributed by atoms with van der Waals surface area (Å²) in [5.41, 5.74) is 5.53. The van der Waals surface area contributed by atoms with Crippen molar-refractivity contribution < 1.29 is 8.78 Å². The molecule has 1 heterocycles. The predicted octanol–water partition coefficient (Wildman–Crippen LogP) is 1.66. The molecule has 0 saturated heterocycles. The third kappa shape index (κ3) is 1.86. The van der Waals surface area contributed by atoms with Crippen LogP contribution in [0.5, 0.6) is 0 Å². The fraction of sp³-hybridized carbons (Fsp3) is 0.333. The fourth-order valence-corrected chi connectivity index (χ4v) is 1.25. The maximum Gasteiger partial charge on any atom is 0.266 e. The summed E-state index contributed by atoms with van der Waals surface area (Å²) in [7, 11) is 0. The van der Waals surface area contributed by atoms with Crippen LogP contribution in [0.4, 0.5) is 8.78 Å². The van der Waals surface area contributed by atoms with Crippen LogP contribution in [0.2, 0.25) is 0 Å². The second-order valence-electron chi connectivity index (χ2n) is 2.80. The Balaban J connectivity index is 3.42. The quantitative estimate of drug-likeness (QED) is 0.784. The lowest BCUT2D eigenvalue weighted by Crippen LogP contribution is -2.07. The average molecular weight is 197 g/mol. The zero-order chi connectivity index (χ0) is 10.7. The molecule has 3 nitrogen and oxygen atoms in total. The Bertz CT molecular complexity index is 382. The van der Waals surface area contributed by atoms with Crippen molar-refractivity contribution in [3.05, 3.63) is 28.6 Å². The molecule has 5 heteroatoms. The molecular formula is C9H9F2N3. The number of nitriles is 1. The third-order valence-corrected chi connectivity index (χ3v) is 1.82. The van der Waals surface area contributed by atoms with Crippen LogP contribution in [0.3, 0.4) is 0 Å². The van der Waals surface area contributed by atoms with E-state index >= 15 is 0 Å². The van der Waals surface area contributed by atoms with Gasteiger partial charge in [-0.05, 0) is 18.6 Å². The highest BCUT2D eigenvalue weighted by Gasteiger charge is 2.18. The largest absolute Gasteiger partial charge is 0.326 e. The molecule has 1 aromatic heterocycles. The molecule has 14 heavy (non-hydrogen) atoms. The molecule has 0 bridgehead atoms. The van der Waals surface area contributed by atoms with Gasteiger partial charge < -0.3 is 5.73 Å². The number of aryl methyl sites for hydroxylation is 1. The SMILES string of the molecule is Cc1cc(CN)c(C(F)F)c(C#N)n1. The summed E-state index contributed by atoms with van der Waals surface area (Å²) in [6.07, 6.45) is -2.71. The van der Waals surface area contributed by atoms with Gasteiger partial charge in [-0.1, -0.05) is 0 Å². The van der Waals surface area contributed by atoms with E-state index in [4.69, 9.17) is 11.0 Å². The summed E-state index contributed by atoms with van der Waals surface area (Å²) in [5, 5.41) is 8.63. The van der Waals surface area contributed by atoms with Crippen molar-refractivity contribution in [1.82, 2.24) is 4.98 Å². The number of hydrogen-bond acceptors (Lipinski definition) is 3. The van der Waals surface area contributed by atoms with Crippen LogP contribution >= 0.6 is 0 Å². The van der Waals surface area contributed by atoms with Crippen molar-refractivity contribution in [2.24, 2.45) is 5.73 Å². The van der Waals surface area contributed by atoms with E-state index in [1.807, 2.05) is 0 Å². The van der Waals surface area contributed by atoms with Crippen LogP contribution in [0, 0.1) is 18.3 Å². The number of aromatic nitrogens is 1. The Kier molecular flexibility index (Phi) is 3.10. The van der Waals surface area contributed by atoms with Crippen molar-refractivity contribution in [3.63, 3.8) is 0 Å². The molecular weight excluding hydrogens is 188 g/mol. The van der Waals surface area contributed by atoms with Gasteiger partial charge >= 0.3 is 0 Å². The average Bonchev–Trinajstić information content (AvgIpc) is 2.15. The van der Waals surface area contributed by atoms with Crippen LogP contribution in [0.1, 0.15) is 28.9 Å². The van der Waals surface area contributed by atoms with Crippen molar-refractivity contribution in [3.8, 4) is 6.07 Å². The smallest absolute Gasteiger partial charge is 0.266 e. The Labute approximate surface area is 80.2 Å². The van der Waals surface area contributed by atoms with E-state index in [0.29, 0.717) is 5.69 Å². The Morgan fingerprint density at radius 2 is 2.29 bits per heavy atom. The number of nitrogens with two attached hydrogens (primary N) is 1. The lowest BCUT2D eigenvalue weighted by Gasteiger charge is -2.08. The zero-order valence-corrected chi connectivity index (χ0v) is 7.59. The molecule has 1 rings (SSSR count). The van der Waals surface area contributed by atoms with Gasteiger partial charge in [0.25, 0.3) is 6.43 Å². The highest BCUT2D eigenvalue weighted by molar-refractivity contribution is 5.40. The molecule has 0 unspecified atom stereocenters. The van der Waals surface area contributed by atoms with E-state index in [0.717, 1.165) is 0 Å². The molecule has 74 valence electrons. The van der Waals surface area contributed by atoms with E-state index in [2.05, 4.69) is 4.98 Å². The van der Waals surface area contributed by atoms with Gasteiger partial charge in [0.15, 0.2) is 0 Å². The molecule has 0 atom stereocenters. The van der Waals surface area contributed by atoms with E-state index in [-0.39, 0.29) is 23.4 Å². The van der Waals surface area contributed by atoms with Crippen LogP contribution in [-0.2, 0) is 6.54 Å². The van der Waals surface area contributed by atoms with Crippen molar-refractivity contribution in [2.45, 2.75) is 19.9 Å². The van der Waals surface area contributed by atoms with E-state index in [9.17, 15) is 8.78 Å². The van der Waals surface area contributed by atoms with Gasteiger partial charge in [0.05, 0.1) is 5.56 Å². The molecule has 0 radical (unpaired) electrons. The highest BCUT2D eigenvalue weighted by atomic mass is 19.3. The standard InChI is InChI=1S/C9H9F2N3/c1-5-2-6(3-12)8(9(10)11)7(4-13)14-5/h2,9H,3,12H2,1H3. The van der Waals surface area contributed by atoms with Gasteiger partial charge in [0, 0.05) is 12.2 Å². The van der Waals surface area contributed by atoms with Gasteiger partial charge in [-0.15, -0.1) is 0 Å². The van der Waals surface area contributed by atoms with E-state index < -0.39 is 6.43 Å². The van der Waals surface area contributed by atoms with Crippen molar-refractivity contribution in [1.29, 1.82) is 5.26 Å². The third-order valence-electron chi connectivity index (χ3n) is 1.82. The lowest BCUT2D eigenvalue weighted by molar-refractivity contribution is 0.149. The fourth-order valence-electron chi connectivity index (χ4n) is 1.25. The van der Waals surface area contributed by atoms with Crippen LogP contribution in [0.25, 0.3) is 0 Å². The topological polar surface area (TPSA) is 62.7 Å². The molecule has 0 saturated carbocycles. The number of alkyl halides is 2. The summed E-state index contributed by atoms with van der Waals surface area (Å²) in [5.74, 6) is 0. The van der Waals surface area contributed by atoms with Crippen LogP contribution in [-0.4, -0.2) is 4.98 Å². The molecule has 0 spiro atoms. The van der Waals surface area contributed by atoms with E-state index in [1.165, 1.54) is 6.07 Å². The number of nitrogens with zero attached hydrogens (tertiary/aromatic N) is 2. The first-order valence-corrected chi connectivity index (χ1v) is 3.99. The Morgan fingerprint density at radius 1 is 1.64 bits per heavy atom. The first-order chi connectivity index (χ1) is 6.60. The maximum absolute atomic E-state index is 12.5. The maximum atomic E-state index is 12.5. The number of halogens is 2. The number of hydrogen-bond donors (Lipinski definition) is 1.